The maximum absolute atomic E-state index is 11.2. The molecule has 0 aliphatic heterocycles. The summed E-state index contributed by atoms with van der Waals surface area (Å²) < 4.78 is 22.9. The fourth-order valence-electron chi connectivity index (χ4n) is 1.63. The molecule has 0 unspecified atom stereocenters. The average Bonchev–Trinajstić information content (AvgIpc) is 2.40. The van der Waals surface area contributed by atoms with E-state index in [1.807, 2.05) is 0 Å². The van der Waals surface area contributed by atoms with Gasteiger partial charge in [-0.2, -0.15) is 0 Å². The zero-order valence-corrected chi connectivity index (χ0v) is 13.0. The molecule has 4 N–H and O–H groups in total. The van der Waals surface area contributed by atoms with E-state index in [0.29, 0.717) is 15.8 Å². The molecular weight excluding hydrogens is 360 g/mol. The average molecular weight is 371 g/mol. The second kappa shape index (κ2) is 5.84. The first-order chi connectivity index (χ1) is 9.77. The molecule has 2 aromatic rings. The van der Waals surface area contributed by atoms with Crippen LogP contribution in [0.2, 0.25) is 0 Å². The Balaban J connectivity index is 2.24. The molecule has 0 amide bonds. The van der Waals surface area contributed by atoms with E-state index in [2.05, 4.69) is 21.2 Å². The van der Waals surface area contributed by atoms with Gasteiger partial charge in [0.15, 0.2) is 0 Å². The minimum absolute atomic E-state index is 0.0216. The van der Waals surface area contributed by atoms with Crippen LogP contribution >= 0.6 is 15.9 Å². The third-order valence-corrected chi connectivity index (χ3v) is 4.26. The second-order valence-corrected chi connectivity index (χ2v) is 6.61. The number of hydrogen-bond acceptors (Lipinski definition) is 4. The van der Waals surface area contributed by atoms with Crippen molar-refractivity contribution >= 4 is 43.3 Å². The fraction of sp³-hybridized carbons (Fsp3) is 0. The summed E-state index contributed by atoms with van der Waals surface area (Å²) in [6.45, 7) is 0. The fourth-order valence-corrected chi connectivity index (χ4v) is 2.63. The van der Waals surface area contributed by atoms with Crippen molar-refractivity contribution in [3.63, 3.8) is 0 Å². The third-order valence-electron chi connectivity index (χ3n) is 2.68. The molecule has 0 fully saturated rings. The van der Waals surface area contributed by atoms with E-state index in [9.17, 15) is 13.2 Å². The first-order valence-corrected chi connectivity index (χ1v) is 8.04. The Hall–Kier alpha value is -1.90. The number of primary sulfonamides is 1. The van der Waals surface area contributed by atoms with Crippen LogP contribution in [0.25, 0.3) is 0 Å². The molecule has 0 saturated carbocycles. The summed E-state index contributed by atoms with van der Waals surface area (Å²) in [4.78, 5) is 10.9. The number of nitrogens with one attached hydrogen (secondary N) is 1. The van der Waals surface area contributed by atoms with Gasteiger partial charge in [-0.1, -0.05) is 0 Å². The first kappa shape index (κ1) is 15.5. The van der Waals surface area contributed by atoms with Crippen LogP contribution in [0.5, 0.6) is 0 Å². The number of rotatable bonds is 4. The van der Waals surface area contributed by atoms with E-state index in [4.69, 9.17) is 10.2 Å². The first-order valence-electron chi connectivity index (χ1n) is 5.70. The van der Waals surface area contributed by atoms with Crippen molar-refractivity contribution in [3.05, 3.63) is 52.5 Å². The van der Waals surface area contributed by atoms with Crippen LogP contribution in [0.4, 0.5) is 11.4 Å². The molecule has 0 atom stereocenters. The van der Waals surface area contributed by atoms with Gasteiger partial charge in [0, 0.05) is 10.2 Å². The Labute approximate surface area is 129 Å². The molecule has 21 heavy (non-hydrogen) atoms. The number of nitrogens with two attached hydrogens (primary N) is 1. The number of carboxylic acids is 1. The molecule has 0 saturated heterocycles. The molecule has 0 aliphatic rings. The van der Waals surface area contributed by atoms with E-state index in [1.165, 1.54) is 24.3 Å². The van der Waals surface area contributed by atoms with Crippen LogP contribution in [0, 0.1) is 0 Å². The predicted octanol–water partition coefficient (Wildman–Crippen LogP) is 2.54. The maximum Gasteiger partial charge on any atom is 0.335 e. The Bertz CT molecular complexity index is 788. The molecule has 110 valence electrons. The lowest BCUT2D eigenvalue weighted by Crippen LogP contribution is -2.11. The van der Waals surface area contributed by atoms with Crippen molar-refractivity contribution in [2.45, 2.75) is 4.90 Å². The van der Waals surface area contributed by atoms with Crippen molar-refractivity contribution in [1.29, 1.82) is 0 Å². The highest BCUT2D eigenvalue weighted by Crippen LogP contribution is 2.27. The quantitative estimate of drug-likeness (QED) is 0.765. The number of hydrogen-bond donors (Lipinski definition) is 3. The number of benzene rings is 2. The molecule has 0 radical (unpaired) electrons. The summed E-state index contributed by atoms with van der Waals surface area (Å²) in [7, 11) is -3.72. The summed E-state index contributed by atoms with van der Waals surface area (Å²) in [6, 6.07) is 10.5. The smallest absolute Gasteiger partial charge is 0.335 e. The van der Waals surface area contributed by atoms with Crippen molar-refractivity contribution in [1.82, 2.24) is 0 Å². The molecule has 6 nitrogen and oxygen atoms in total. The Morgan fingerprint density at radius 1 is 1.14 bits per heavy atom. The third kappa shape index (κ3) is 3.81. The van der Waals surface area contributed by atoms with Crippen LogP contribution in [0.1, 0.15) is 10.4 Å². The molecular formula is C13H11BrN2O4S. The van der Waals surface area contributed by atoms with Gasteiger partial charge < -0.3 is 10.4 Å². The van der Waals surface area contributed by atoms with E-state index >= 15 is 0 Å². The standard InChI is InChI=1S/C13H11BrN2O4S/c14-11-7-8(13(17)18)1-6-12(11)16-9-2-4-10(5-3-9)21(15,19)20/h1-7,16H,(H,17,18)(H2,15,19,20). The number of aromatic carboxylic acids is 1. The lowest BCUT2D eigenvalue weighted by molar-refractivity contribution is 0.0697. The maximum atomic E-state index is 11.2. The summed E-state index contributed by atoms with van der Waals surface area (Å²) in [5.74, 6) is -1.01. The van der Waals surface area contributed by atoms with E-state index in [-0.39, 0.29) is 10.5 Å². The van der Waals surface area contributed by atoms with Gasteiger partial charge in [-0.05, 0) is 58.4 Å². The van der Waals surface area contributed by atoms with Gasteiger partial charge in [-0.25, -0.2) is 18.4 Å². The normalized spacial score (nSPS) is 11.1. The number of halogens is 1. The highest BCUT2D eigenvalue weighted by molar-refractivity contribution is 9.10. The SMILES string of the molecule is NS(=O)(=O)c1ccc(Nc2ccc(C(=O)O)cc2Br)cc1. The molecule has 0 heterocycles. The molecule has 8 heteroatoms. The van der Waals surface area contributed by atoms with Crippen molar-refractivity contribution in [2.75, 3.05) is 5.32 Å². The topological polar surface area (TPSA) is 109 Å². The largest absolute Gasteiger partial charge is 0.478 e. The Morgan fingerprint density at radius 2 is 1.76 bits per heavy atom. The number of anilines is 2. The van der Waals surface area contributed by atoms with E-state index < -0.39 is 16.0 Å². The summed E-state index contributed by atoms with van der Waals surface area (Å²) in [5.41, 5.74) is 1.46. The number of carbonyl (C=O) groups is 1. The highest BCUT2D eigenvalue weighted by atomic mass is 79.9. The van der Waals surface area contributed by atoms with Gasteiger partial charge in [0.1, 0.15) is 0 Å². The van der Waals surface area contributed by atoms with E-state index in [0.717, 1.165) is 0 Å². The van der Waals surface area contributed by atoms with Crippen molar-refractivity contribution in [2.24, 2.45) is 5.14 Å². The van der Waals surface area contributed by atoms with Gasteiger partial charge in [-0.15, -0.1) is 0 Å². The van der Waals surface area contributed by atoms with E-state index in [1.54, 1.807) is 18.2 Å². The van der Waals surface area contributed by atoms with Gasteiger partial charge >= 0.3 is 5.97 Å². The molecule has 0 spiro atoms. The van der Waals surface area contributed by atoms with Gasteiger partial charge in [-0.3, -0.25) is 0 Å². The molecule has 0 aromatic heterocycles. The zero-order chi connectivity index (χ0) is 15.6. The molecule has 0 bridgehead atoms. The Kier molecular flexibility index (Phi) is 4.31. The summed E-state index contributed by atoms with van der Waals surface area (Å²) in [5, 5.41) is 16.9. The zero-order valence-electron chi connectivity index (χ0n) is 10.6. The lowest BCUT2D eigenvalue weighted by Gasteiger charge is -2.09. The van der Waals surface area contributed by atoms with Crippen LogP contribution in [0.15, 0.2) is 51.8 Å². The van der Waals surface area contributed by atoms with Crippen LogP contribution < -0.4 is 10.5 Å². The summed E-state index contributed by atoms with van der Waals surface area (Å²) >= 11 is 3.28. The monoisotopic (exact) mass is 370 g/mol. The minimum Gasteiger partial charge on any atom is -0.478 e. The second-order valence-electron chi connectivity index (χ2n) is 4.19. The van der Waals surface area contributed by atoms with Crippen molar-refractivity contribution < 1.29 is 18.3 Å². The van der Waals surface area contributed by atoms with Crippen LogP contribution in [-0.4, -0.2) is 19.5 Å². The molecule has 0 aliphatic carbocycles. The number of sulfonamides is 1. The van der Waals surface area contributed by atoms with Gasteiger partial charge in [0.05, 0.1) is 16.1 Å². The van der Waals surface area contributed by atoms with Crippen LogP contribution in [-0.2, 0) is 10.0 Å². The van der Waals surface area contributed by atoms with Gasteiger partial charge in [0.25, 0.3) is 0 Å². The van der Waals surface area contributed by atoms with Crippen LogP contribution in [0.3, 0.4) is 0 Å². The highest BCUT2D eigenvalue weighted by Gasteiger charge is 2.09. The molecule has 2 aromatic carbocycles. The predicted molar refractivity (Wildman–Crippen MR) is 82.2 cm³/mol. The van der Waals surface area contributed by atoms with Gasteiger partial charge in [0.2, 0.25) is 10.0 Å². The summed E-state index contributed by atoms with van der Waals surface area (Å²) in [6.07, 6.45) is 0. The minimum atomic E-state index is -3.72. The van der Waals surface area contributed by atoms with Crippen molar-refractivity contribution in [3.8, 4) is 0 Å². The number of carboxylic acid groups (broad SMARTS) is 1. The Morgan fingerprint density at radius 3 is 2.24 bits per heavy atom. The lowest BCUT2D eigenvalue weighted by atomic mass is 10.2. The molecule has 2 rings (SSSR count).